The number of rotatable bonds is 3. The Morgan fingerprint density at radius 3 is 2.51 bits per heavy atom. The number of fused-ring (bicyclic) bond motifs is 5. The maximum absolute atomic E-state index is 13.5. The van der Waals surface area contributed by atoms with Crippen LogP contribution in [-0.2, 0) is 28.7 Å². The third kappa shape index (κ3) is 3.42. The summed E-state index contributed by atoms with van der Waals surface area (Å²) < 4.78 is 11.6. The van der Waals surface area contributed by atoms with E-state index in [1.807, 2.05) is 33.8 Å². The number of ether oxygens (including phenoxy) is 2. The Balaban J connectivity index is 1.57. The molecule has 0 bridgehead atoms. The van der Waals surface area contributed by atoms with Crippen LogP contribution < -0.4 is 0 Å². The predicted octanol–water partition coefficient (Wildman–Crippen LogP) is 4.03. The Hall–Kier alpha value is -2.54. The lowest BCUT2D eigenvalue weighted by Crippen LogP contribution is -2.68. The minimum absolute atomic E-state index is 0.0142. The van der Waals surface area contributed by atoms with Crippen molar-refractivity contribution < 1.29 is 33.8 Å². The van der Waals surface area contributed by atoms with E-state index in [1.54, 1.807) is 19.1 Å². The first kappa shape index (κ1) is 26.1. The van der Waals surface area contributed by atoms with Crippen LogP contribution in [0.1, 0.15) is 73.6 Å². The quantitative estimate of drug-likeness (QED) is 0.451. The van der Waals surface area contributed by atoms with Crippen LogP contribution >= 0.6 is 0 Å². The van der Waals surface area contributed by atoms with Gasteiger partial charge in [-0.05, 0) is 51.2 Å². The van der Waals surface area contributed by atoms with Gasteiger partial charge < -0.3 is 14.6 Å². The molecule has 4 aliphatic carbocycles. The van der Waals surface area contributed by atoms with Crippen LogP contribution in [0.15, 0.2) is 34.9 Å². The van der Waals surface area contributed by atoms with Crippen molar-refractivity contribution in [1.82, 2.24) is 0 Å². The third-order valence-corrected chi connectivity index (χ3v) is 10.8. The smallest absolute Gasteiger partial charge is 0.333 e. The number of cyclic esters (lactones) is 1. The lowest BCUT2D eigenvalue weighted by Gasteiger charge is -2.62. The minimum Gasteiger partial charge on any atom is -0.458 e. The zero-order chi connectivity index (χ0) is 27.1. The average Bonchev–Trinajstić information content (AvgIpc) is 3.05. The third-order valence-electron chi connectivity index (χ3n) is 10.8. The Morgan fingerprint density at radius 2 is 1.86 bits per heavy atom. The van der Waals surface area contributed by atoms with Crippen LogP contribution in [0.5, 0.6) is 0 Å². The Morgan fingerprint density at radius 1 is 1.16 bits per heavy atom. The lowest BCUT2D eigenvalue weighted by molar-refractivity contribution is -0.224. The van der Waals surface area contributed by atoms with Crippen LogP contribution in [0.4, 0.5) is 0 Å². The van der Waals surface area contributed by atoms with Crippen LogP contribution in [0.25, 0.3) is 0 Å². The molecule has 0 saturated heterocycles. The maximum Gasteiger partial charge on any atom is 0.333 e. The molecule has 37 heavy (non-hydrogen) atoms. The first-order valence-corrected chi connectivity index (χ1v) is 13.5. The van der Waals surface area contributed by atoms with E-state index in [-0.39, 0.29) is 35.8 Å². The number of carbonyl (C=O) groups is 4. The second kappa shape index (κ2) is 8.48. The monoisotopic (exact) mass is 510 g/mol. The summed E-state index contributed by atoms with van der Waals surface area (Å²) in [4.78, 5) is 51.5. The first-order chi connectivity index (χ1) is 17.3. The fraction of sp³-hybridized carbons (Fsp3) is 0.667. The number of carbonyl (C=O) groups excluding carboxylic acids is 4. The van der Waals surface area contributed by atoms with Crippen molar-refractivity contribution in [3.8, 4) is 0 Å². The molecule has 1 N–H and O–H groups in total. The second-order valence-corrected chi connectivity index (χ2v) is 12.4. The highest BCUT2D eigenvalue weighted by Gasteiger charge is 2.72. The Bertz CT molecular complexity index is 1180. The van der Waals surface area contributed by atoms with Crippen molar-refractivity contribution in [3.63, 3.8) is 0 Å². The van der Waals surface area contributed by atoms with Crippen LogP contribution in [-0.4, -0.2) is 46.4 Å². The minimum atomic E-state index is -1.56. The molecule has 0 spiro atoms. The van der Waals surface area contributed by atoms with E-state index in [4.69, 9.17) is 9.47 Å². The van der Waals surface area contributed by atoms with Gasteiger partial charge in [0, 0.05) is 53.9 Å². The van der Waals surface area contributed by atoms with Crippen LogP contribution in [0.2, 0.25) is 0 Å². The van der Waals surface area contributed by atoms with E-state index in [1.165, 1.54) is 6.92 Å². The topological polar surface area (TPSA) is 107 Å². The van der Waals surface area contributed by atoms with Crippen molar-refractivity contribution in [3.05, 3.63) is 34.9 Å². The molecule has 1 unspecified atom stereocenters. The molecule has 200 valence electrons. The van der Waals surface area contributed by atoms with Gasteiger partial charge in [-0.1, -0.05) is 38.0 Å². The van der Waals surface area contributed by atoms with Crippen LogP contribution in [0, 0.1) is 34.5 Å². The molecule has 0 aromatic carbocycles. The molecular weight excluding hydrogens is 472 g/mol. The van der Waals surface area contributed by atoms with Crippen molar-refractivity contribution in [2.75, 3.05) is 0 Å². The number of Topliss-reactive ketones (excluding diaryl/α,β-unsaturated/α-hetero) is 1. The standard InChI is InChI=1S/C30H38O7/c1-15-12-24(37-27(34)16(15)2)17(3)21-14-26(36-18(4)31)30(35)22-13-23(32)20-8-7-9-25(33)29(20,6)19(22)10-11-28(21,30)5/h7,9,14,17,19-20,22,24,26,35H,8,10-13H2,1-6H3/t17-,19-,20?,22+,24+,26-,28+,29+,30+/m0/s1. The molecule has 0 radical (unpaired) electrons. The molecule has 2 saturated carbocycles. The van der Waals surface area contributed by atoms with Gasteiger partial charge in [-0.3, -0.25) is 14.4 Å². The number of aliphatic hydroxyl groups is 1. The number of allylic oxidation sites excluding steroid dienone is 2. The van der Waals surface area contributed by atoms with E-state index in [0.717, 1.165) is 11.1 Å². The molecule has 2 fully saturated rings. The normalized spacial score (nSPS) is 43.9. The predicted molar refractivity (Wildman–Crippen MR) is 135 cm³/mol. The summed E-state index contributed by atoms with van der Waals surface area (Å²) >= 11 is 0. The number of hydrogen-bond acceptors (Lipinski definition) is 7. The van der Waals surface area contributed by atoms with Gasteiger partial charge in [-0.15, -0.1) is 0 Å². The van der Waals surface area contributed by atoms with Crippen molar-refractivity contribution in [2.24, 2.45) is 34.5 Å². The summed E-state index contributed by atoms with van der Waals surface area (Å²) in [6.07, 6.45) is 6.36. The van der Waals surface area contributed by atoms with E-state index in [0.29, 0.717) is 31.3 Å². The average molecular weight is 511 g/mol. The Kier molecular flexibility index (Phi) is 5.98. The number of esters is 2. The summed E-state index contributed by atoms with van der Waals surface area (Å²) in [7, 11) is 0. The van der Waals surface area contributed by atoms with Gasteiger partial charge >= 0.3 is 11.9 Å². The Labute approximate surface area is 218 Å². The van der Waals surface area contributed by atoms with Crippen molar-refractivity contribution >= 4 is 23.5 Å². The number of hydrogen-bond donors (Lipinski definition) is 1. The largest absolute Gasteiger partial charge is 0.458 e. The maximum atomic E-state index is 13.5. The van der Waals surface area contributed by atoms with E-state index >= 15 is 0 Å². The first-order valence-electron chi connectivity index (χ1n) is 13.5. The van der Waals surface area contributed by atoms with Crippen molar-refractivity contribution in [2.45, 2.75) is 91.5 Å². The van der Waals surface area contributed by atoms with Crippen LogP contribution in [0.3, 0.4) is 0 Å². The fourth-order valence-electron chi connectivity index (χ4n) is 8.46. The van der Waals surface area contributed by atoms with Gasteiger partial charge in [0.25, 0.3) is 0 Å². The number of ketones is 2. The highest BCUT2D eigenvalue weighted by molar-refractivity contribution is 6.01. The van der Waals surface area contributed by atoms with E-state index in [2.05, 4.69) is 0 Å². The molecular formula is C30H38O7. The molecule has 5 rings (SSSR count). The molecule has 0 aromatic heterocycles. The molecule has 7 heteroatoms. The van der Waals surface area contributed by atoms with Gasteiger partial charge in [-0.2, -0.15) is 0 Å². The summed E-state index contributed by atoms with van der Waals surface area (Å²) in [5.74, 6) is -2.31. The van der Waals surface area contributed by atoms with E-state index in [9.17, 15) is 24.3 Å². The van der Waals surface area contributed by atoms with Crippen molar-refractivity contribution in [1.29, 1.82) is 0 Å². The fourth-order valence-corrected chi connectivity index (χ4v) is 8.46. The molecule has 0 aromatic rings. The molecule has 0 amide bonds. The van der Waals surface area contributed by atoms with Gasteiger partial charge in [0.05, 0.1) is 0 Å². The zero-order valence-electron chi connectivity index (χ0n) is 22.6. The highest BCUT2D eigenvalue weighted by atomic mass is 16.6. The SMILES string of the molecule is CC(=O)O[C@H]1C=C([C@H](C)[C@H]2CC(C)=C(C)C(=O)O2)[C@@]2(C)CC[C@H]3[C@@H](CC(=O)C4CC=CC(=O)[C@@]43C)[C@@]12O. The molecule has 1 aliphatic heterocycles. The van der Waals surface area contributed by atoms with E-state index < -0.39 is 46.4 Å². The summed E-state index contributed by atoms with van der Waals surface area (Å²) in [6, 6.07) is 0. The summed E-state index contributed by atoms with van der Waals surface area (Å²) in [5.41, 5.74) is -0.775. The van der Waals surface area contributed by atoms with Gasteiger partial charge in [0.1, 0.15) is 23.6 Å². The van der Waals surface area contributed by atoms with Gasteiger partial charge in [0.2, 0.25) is 0 Å². The van der Waals surface area contributed by atoms with Gasteiger partial charge in [-0.25, -0.2) is 4.79 Å². The molecule has 7 nitrogen and oxygen atoms in total. The highest BCUT2D eigenvalue weighted by Crippen LogP contribution is 2.67. The molecule has 5 aliphatic rings. The summed E-state index contributed by atoms with van der Waals surface area (Å²) in [6.45, 7) is 10.9. The zero-order valence-corrected chi connectivity index (χ0v) is 22.6. The molecule has 1 heterocycles. The van der Waals surface area contributed by atoms with Gasteiger partial charge in [0.15, 0.2) is 5.78 Å². The lowest BCUT2D eigenvalue weighted by atomic mass is 9.43. The second-order valence-electron chi connectivity index (χ2n) is 12.4. The molecule has 9 atom stereocenters. The summed E-state index contributed by atoms with van der Waals surface area (Å²) in [5, 5.41) is 12.7.